The van der Waals surface area contributed by atoms with Gasteiger partial charge in [0.05, 0.1) is 5.04 Å². The van der Waals surface area contributed by atoms with Gasteiger partial charge in [-0.15, -0.1) is 11.8 Å². The molecular weight excluding hydrogens is 226 g/mol. The molecule has 1 aromatic carbocycles. The first kappa shape index (κ1) is 11.3. The van der Waals surface area contributed by atoms with Crippen LogP contribution >= 0.6 is 11.8 Å². The summed E-state index contributed by atoms with van der Waals surface area (Å²) < 4.78 is 0. The first-order valence-corrected chi connectivity index (χ1v) is 7.58. The molecule has 1 aromatic rings. The summed E-state index contributed by atoms with van der Waals surface area (Å²) in [4.78, 5) is 4.81. The zero-order valence-corrected chi connectivity index (χ0v) is 11.0. The molecule has 0 amide bonds. The van der Waals surface area contributed by atoms with Crippen LogP contribution < -0.4 is 0 Å². The number of benzene rings is 1. The predicted molar refractivity (Wildman–Crippen MR) is 75.8 cm³/mol. The van der Waals surface area contributed by atoms with Gasteiger partial charge in [-0.1, -0.05) is 49.6 Å². The van der Waals surface area contributed by atoms with Crippen molar-refractivity contribution in [2.45, 2.75) is 37.4 Å². The molecule has 2 aliphatic rings. The minimum atomic E-state index is 0.824. The Hall–Kier alpha value is -0.760. The van der Waals surface area contributed by atoms with Crippen LogP contribution in [-0.2, 0) is 0 Å². The molecule has 2 atom stereocenters. The summed E-state index contributed by atoms with van der Waals surface area (Å²) >= 11 is 2.03. The van der Waals surface area contributed by atoms with Gasteiger partial charge < -0.3 is 0 Å². The van der Waals surface area contributed by atoms with E-state index in [1.165, 1.54) is 42.7 Å². The van der Waals surface area contributed by atoms with Crippen molar-refractivity contribution in [2.75, 3.05) is 6.54 Å². The average Bonchev–Trinajstić information content (AvgIpc) is 2.64. The second kappa shape index (κ2) is 5.26. The lowest BCUT2D eigenvalue weighted by Gasteiger charge is -2.28. The molecule has 0 unspecified atom stereocenters. The lowest BCUT2D eigenvalue weighted by molar-refractivity contribution is 0.482. The molecule has 2 heteroatoms. The zero-order valence-electron chi connectivity index (χ0n) is 10.1. The summed E-state index contributed by atoms with van der Waals surface area (Å²) in [6.45, 7) is 1.06. The zero-order chi connectivity index (χ0) is 11.5. The van der Waals surface area contributed by atoms with Crippen molar-refractivity contribution < 1.29 is 0 Å². The Morgan fingerprint density at radius 2 is 1.82 bits per heavy atom. The van der Waals surface area contributed by atoms with Crippen molar-refractivity contribution in [1.29, 1.82) is 0 Å². The van der Waals surface area contributed by atoms with Crippen LogP contribution in [0.3, 0.4) is 0 Å². The van der Waals surface area contributed by atoms with Crippen molar-refractivity contribution in [3.8, 4) is 0 Å². The quantitative estimate of drug-likeness (QED) is 0.724. The van der Waals surface area contributed by atoms with Gasteiger partial charge in [-0.2, -0.15) is 0 Å². The number of thioether (sulfide) groups is 1. The number of rotatable bonds is 1. The first-order valence-electron chi connectivity index (χ1n) is 6.70. The summed E-state index contributed by atoms with van der Waals surface area (Å²) in [6, 6.07) is 10.7. The molecule has 0 bridgehead atoms. The van der Waals surface area contributed by atoms with Crippen molar-refractivity contribution in [1.82, 2.24) is 0 Å². The van der Waals surface area contributed by atoms with Crippen molar-refractivity contribution in [2.24, 2.45) is 10.9 Å². The topological polar surface area (TPSA) is 12.4 Å². The van der Waals surface area contributed by atoms with Gasteiger partial charge in [-0.25, -0.2) is 0 Å². The third kappa shape index (κ3) is 2.57. The Kier molecular flexibility index (Phi) is 3.51. The van der Waals surface area contributed by atoms with Crippen LogP contribution in [0.15, 0.2) is 35.3 Å². The Bertz CT molecular complexity index is 399. The second-order valence-corrected chi connectivity index (χ2v) is 6.29. The van der Waals surface area contributed by atoms with E-state index in [0.717, 1.165) is 17.7 Å². The number of fused-ring (bicyclic) bond motifs is 1. The monoisotopic (exact) mass is 245 g/mol. The molecule has 90 valence electrons. The van der Waals surface area contributed by atoms with E-state index in [2.05, 4.69) is 30.3 Å². The lowest BCUT2D eigenvalue weighted by atomic mass is 10.00. The molecule has 17 heavy (non-hydrogen) atoms. The summed E-state index contributed by atoms with van der Waals surface area (Å²) in [5.74, 6) is 0.843. The first-order chi connectivity index (χ1) is 8.43. The van der Waals surface area contributed by atoms with E-state index < -0.39 is 0 Å². The van der Waals surface area contributed by atoms with E-state index in [4.69, 9.17) is 4.99 Å². The molecule has 1 heterocycles. The molecule has 0 radical (unpaired) electrons. The molecule has 1 aliphatic carbocycles. The van der Waals surface area contributed by atoms with Crippen LogP contribution in [0.4, 0.5) is 0 Å². The highest BCUT2D eigenvalue weighted by Gasteiger charge is 2.29. The van der Waals surface area contributed by atoms with E-state index in [-0.39, 0.29) is 0 Å². The third-order valence-electron chi connectivity index (χ3n) is 3.84. The summed E-state index contributed by atoms with van der Waals surface area (Å²) in [7, 11) is 0. The van der Waals surface area contributed by atoms with E-state index in [9.17, 15) is 0 Å². The summed E-state index contributed by atoms with van der Waals surface area (Å²) in [5.41, 5.74) is 1.31. The van der Waals surface area contributed by atoms with Crippen LogP contribution in [0.1, 0.15) is 37.7 Å². The van der Waals surface area contributed by atoms with Gasteiger partial charge in [0.25, 0.3) is 0 Å². The fraction of sp³-hybridized carbons (Fsp3) is 0.533. The highest BCUT2D eigenvalue weighted by Crippen LogP contribution is 2.37. The largest absolute Gasteiger partial charge is 0.277 e. The van der Waals surface area contributed by atoms with Gasteiger partial charge >= 0.3 is 0 Å². The van der Waals surface area contributed by atoms with Crippen LogP contribution in [0, 0.1) is 5.92 Å². The van der Waals surface area contributed by atoms with Crippen LogP contribution in [-0.4, -0.2) is 16.8 Å². The smallest absolute Gasteiger partial charge is 0.0979 e. The number of nitrogens with zero attached hydrogens (tertiary/aromatic N) is 1. The average molecular weight is 245 g/mol. The highest BCUT2D eigenvalue weighted by molar-refractivity contribution is 8.15. The molecule has 0 N–H and O–H groups in total. The van der Waals surface area contributed by atoms with E-state index in [1.54, 1.807) is 0 Å². The van der Waals surface area contributed by atoms with Crippen LogP contribution in [0.5, 0.6) is 0 Å². The third-order valence-corrected chi connectivity index (χ3v) is 5.35. The summed E-state index contributed by atoms with van der Waals surface area (Å²) in [6.07, 6.45) is 7.03. The lowest BCUT2D eigenvalue weighted by Crippen LogP contribution is -2.25. The van der Waals surface area contributed by atoms with Gasteiger partial charge in [-0.3, -0.25) is 4.99 Å². The molecule has 0 spiro atoms. The van der Waals surface area contributed by atoms with Crippen molar-refractivity contribution in [3.05, 3.63) is 35.9 Å². The molecular formula is C15H19NS. The van der Waals surface area contributed by atoms with Crippen LogP contribution in [0.2, 0.25) is 0 Å². The van der Waals surface area contributed by atoms with E-state index >= 15 is 0 Å². The normalized spacial score (nSPS) is 29.1. The molecule has 0 saturated heterocycles. The van der Waals surface area contributed by atoms with Crippen molar-refractivity contribution in [3.63, 3.8) is 0 Å². The molecule has 0 aromatic heterocycles. The minimum Gasteiger partial charge on any atom is -0.277 e. The molecule has 1 nitrogen and oxygen atoms in total. The van der Waals surface area contributed by atoms with Gasteiger partial charge in [0.2, 0.25) is 0 Å². The minimum absolute atomic E-state index is 0.824. The molecule has 1 aliphatic heterocycles. The fourth-order valence-corrected chi connectivity index (χ4v) is 4.24. The van der Waals surface area contributed by atoms with Crippen LogP contribution in [0.25, 0.3) is 0 Å². The second-order valence-electron chi connectivity index (χ2n) is 5.07. The maximum absolute atomic E-state index is 4.81. The summed E-state index contributed by atoms with van der Waals surface area (Å²) in [5, 5.41) is 2.10. The number of hydrogen-bond donors (Lipinski definition) is 0. The molecule has 1 fully saturated rings. The Morgan fingerprint density at radius 3 is 2.71 bits per heavy atom. The molecule has 1 saturated carbocycles. The van der Waals surface area contributed by atoms with Gasteiger partial charge in [0.15, 0.2) is 0 Å². The predicted octanol–water partition coefficient (Wildman–Crippen LogP) is 4.13. The van der Waals surface area contributed by atoms with Gasteiger partial charge in [-0.05, 0) is 18.8 Å². The maximum Gasteiger partial charge on any atom is 0.0979 e. The number of aliphatic imine (C=N–C) groups is 1. The standard InChI is InChI=1S/C15H19NS/c1-3-7-12(8-4-1)15-16-11-13-9-5-2-6-10-14(13)17-15/h1,3-4,7-8,13-14H,2,5-6,9-11H2/t13-,14-/m0/s1. The van der Waals surface area contributed by atoms with E-state index in [0.29, 0.717) is 0 Å². The fourth-order valence-electron chi connectivity index (χ4n) is 2.84. The highest BCUT2D eigenvalue weighted by atomic mass is 32.2. The van der Waals surface area contributed by atoms with Crippen molar-refractivity contribution >= 4 is 16.8 Å². The Balaban J connectivity index is 1.78. The van der Waals surface area contributed by atoms with Gasteiger partial charge in [0.1, 0.15) is 0 Å². The Labute approximate surface area is 108 Å². The molecule has 3 rings (SSSR count). The number of hydrogen-bond acceptors (Lipinski definition) is 2. The van der Waals surface area contributed by atoms with E-state index in [1.807, 2.05) is 11.8 Å². The maximum atomic E-state index is 4.81. The SMILES string of the molecule is c1ccc(C2=NC[C@@H]3CCCCC[C@@H]3S2)cc1. The van der Waals surface area contributed by atoms with Gasteiger partial charge in [0, 0.05) is 17.4 Å². The Morgan fingerprint density at radius 1 is 1.00 bits per heavy atom.